The molecule has 0 aromatic heterocycles. The van der Waals surface area contributed by atoms with Gasteiger partial charge in [0.1, 0.15) is 43.2 Å². The lowest BCUT2D eigenvalue weighted by Crippen LogP contribution is -2.64. The lowest BCUT2D eigenvalue weighted by molar-refractivity contribution is -0.220. The molecule has 0 amide bonds. The summed E-state index contributed by atoms with van der Waals surface area (Å²) >= 11 is 0. The molecule has 0 bridgehead atoms. The first-order valence-electron chi connectivity index (χ1n) is 23.4. The van der Waals surface area contributed by atoms with Crippen molar-refractivity contribution in [1.29, 1.82) is 0 Å². The zero-order chi connectivity index (χ0) is 45.0. The van der Waals surface area contributed by atoms with Crippen LogP contribution in [-0.2, 0) is 32.7 Å². The van der Waals surface area contributed by atoms with Crippen LogP contribution in [0.2, 0.25) is 0 Å². The fourth-order valence-electron chi connectivity index (χ4n) is 6.88. The van der Waals surface area contributed by atoms with Crippen LogP contribution in [0.15, 0.2) is 48.6 Å². The average molecular weight is 887 g/mol. The van der Waals surface area contributed by atoms with Gasteiger partial charge in [-0.15, -0.1) is 0 Å². The number of carbonyl (C=O) groups excluding carboxylic acids is 2. The van der Waals surface area contributed by atoms with Crippen molar-refractivity contribution in [2.45, 2.75) is 224 Å². The number of hydrogen-bond donors (Lipinski definition) is 6. The van der Waals surface area contributed by atoms with Crippen LogP contribution in [0.5, 0.6) is 0 Å². The number of carbonyl (C=O) groups is 2. The molecule has 1 aliphatic rings. The van der Waals surface area contributed by atoms with E-state index >= 15 is 0 Å². The standard InChI is InChI=1S/C47H83O13P/c1-3-5-7-9-11-13-15-17-18-19-20-21-22-24-25-27-29-31-33-35-40(48)57-37-39(38-58-61(55,56)60-47-45(53)43(51)42(50)44(52)46(47)54)59-41(49)36-34-32-30-28-26-23-16-14-12-10-8-6-4-2/h6,8,12,14,17-18,23,26,39,42-47,50-54H,3-5,7,9-11,13,15-16,19-22,24-25,27-38H2,1-2H3,(H,55,56)/b8-6-,14-12-,18-17-,26-23-. The Bertz CT molecular complexity index is 1250. The highest BCUT2D eigenvalue weighted by atomic mass is 31.2. The van der Waals surface area contributed by atoms with Crippen LogP contribution in [0.1, 0.15) is 181 Å². The van der Waals surface area contributed by atoms with Crippen molar-refractivity contribution < 1.29 is 63.1 Å². The predicted molar refractivity (Wildman–Crippen MR) is 239 cm³/mol. The molecule has 1 rings (SSSR count). The summed E-state index contributed by atoms with van der Waals surface area (Å²) in [5, 5.41) is 50.1. The number of phosphoric acid groups is 1. The predicted octanol–water partition coefficient (Wildman–Crippen LogP) is 9.17. The summed E-state index contributed by atoms with van der Waals surface area (Å²) < 4.78 is 33.5. The Morgan fingerprint density at radius 3 is 1.46 bits per heavy atom. The van der Waals surface area contributed by atoms with E-state index in [1.807, 2.05) is 0 Å². The summed E-state index contributed by atoms with van der Waals surface area (Å²) in [5.74, 6) is -1.14. The number of allylic oxidation sites excluding steroid dienone is 8. The summed E-state index contributed by atoms with van der Waals surface area (Å²) in [6.07, 6.45) is 30.3. The van der Waals surface area contributed by atoms with E-state index in [1.54, 1.807) is 0 Å². The number of aliphatic hydroxyl groups is 5. The van der Waals surface area contributed by atoms with Crippen LogP contribution in [0.3, 0.4) is 0 Å². The van der Waals surface area contributed by atoms with Gasteiger partial charge in [-0.1, -0.05) is 146 Å². The van der Waals surface area contributed by atoms with Crippen LogP contribution < -0.4 is 0 Å². The summed E-state index contributed by atoms with van der Waals surface area (Å²) in [5.41, 5.74) is 0. The molecule has 1 aliphatic carbocycles. The van der Waals surface area contributed by atoms with E-state index in [0.717, 1.165) is 70.6 Å². The van der Waals surface area contributed by atoms with Gasteiger partial charge in [0, 0.05) is 12.8 Å². The summed E-state index contributed by atoms with van der Waals surface area (Å²) in [4.78, 5) is 35.7. The zero-order valence-corrected chi connectivity index (χ0v) is 38.3. The number of phosphoric ester groups is 1. The SMILES string of the molecule is CC/C=C\C/C=C\C/C=C\CCCCCC(=O)OC(COC(=O)CCCCCCCCCCC/C=C\CCCCCCCC)COP(=O)(O)OC1C(O)C(O)C(O)C(O)C1O. The average Bonchev–Trinajstić information content (AvgIpc) is 3.24. The number of esters is 2. The number of ether oxygens (including phenoxy) is 2. The van der Waals surface area contributed by atoms with Gasteiger partial charge in [0.05, 0.1) is 6.61 Å². The maximum absolute atomic E-state index is 12.8. The van der Waals surface area contributed by atoms with Crippen molar-refractivity contribution in [3.05, 3.63) is 48.6 Å². The molecule has 6 atom stereocenters. The Kier molecular flexibility index (Phi) is 34.7. The van der Waals surface area contributed by atoms with Gasteiger partial charge in [-0.3, -0.25) is 18.6 Å². The topological polar surface area (TPSA) is 210 Å². The Morgan fingerprint density at radius 2 is 0.934 bits per heavy atom. The van der Waals surface area contributed by atoms with Gasteiger partial charge >= 0.3 is 19.8 Å². The minimum atomic E-state index is -5.13. The second kappa shape index (κ2) is 37.2. The van der Waals surface area contributed by atoms with Crippen LogP contribution in [0.25, 0.3) is 0 Å². The van der Waals surface area contributed by atoms with Crippen LogP contribution in [0.4, 0.5) is 0 Å². The summed E-state index contributed by atoms with van der Waals surface area (Å²) in [6.45, 7) is 3.15. The van der Waals surface area contributed by atoms with Crippen LogP contribution >= 0.6 is 7.82 Å². The molecule has 0 radical (unpaired) electrons. The number of aliphatic hydroxyl groups excluding tert-OH is 5. The molecule has 6 unspecified atom stereocenters. The van der Waals surface area contributed by atoms with Crippen molar-refractivity contribution in [1.82, 2.24) is 0 Å². The highest BCUT2D eigenvalue weighted by molar-refractivity contribution is 7.47. The Hall–Kier alpha value is -2.19. The largest absolute Gasteiger partial charge is 0.472 e. The van der Waals surface area contributed by atoms with Gasteiger partial charge in [0.25, 0.3) is 0 Å². The number of hydrogen-bond acceptors (Lipinski definition) is 12. The molecule has 14 heteroatoms. The molecule has 0 aliphatic heterocycles. The quantitative estimate of drug-likeness (QED) is 0.0148. The molecule has 0 heterocycles. The van der Waals surface area contributed by atoms with Crippen LogP contribution in [-0.4, -0.2) is 98.3 Å². The van der Waals surface area contributed by atoms with Crippen LogP contribution in [0, 0.1) is 0 Å². The van der Waals surface area contributed by atoms with Gasteiger partial charge in [-0.2, -0.15) is 0 Å². The van der Waals surface area contributed by atoms with Gasteiger partial charge in [-0.05, 0) is 70.6 Å². The van der Waals surface area contributed by atoms with Gasteiger partial charge in [-0.25, -0.2) is 4.57 Å². The van der Waals surface area contributed by atoms with E-state index in [0.29, 0.717) is 12.8 Å². The maximum atomic E-state index is 12.8. The molecule has 1 fully saturated rings. The minimum Gasteiger partial charge on any atom is -0.462 e. The second-order valence-corrected chi connectivity index (χ2v) is 17.6. The summed E-state index contributed by atoms with van der Waals surface area (Å²) in [7, 11) is -5.13. The fraction of sp³-hybridized carbons (Fsp3) is 0.787. The van der Waals surface area contributed by atoms with Crippen molar-refractivity contribution in [2.24, 2.45) is 0 Å². The van der Waals surface area contributed by atoms with Crippen molar-refractivity contribution in [3.8, 4) is 0 Å². The van der Waals surface area contributed by atoms with Gasteiger partial charge < -0.3 is 39.9 Å². The Balaban J connectivity index is 2.44. The normalized spacial score (nSPS) is 22.4. The van der Waals surface area contributed by atoms with Gasteiger partial charge in [0.2, 0.25) is 0 Å². The molecule has 1 saturated carbocycles. The fourth-order valence-corrected chi connectivity index (χ4v) is 7.86. The maximum Gasteiger partial charge on any atom is 0.472 e. The second-order valence-electron chi connectivity index (χ2n) is 16.2. The van der Waals surface area contributed by atoms with E-state index in [4.69, 9.17) is 18.5 Å². The number of rotatable bonds is 38. The van der Waals surface area contributed by atoms with E-state index in [9.17, 15) is 44.6 Å². The lowest BCUT2D eigenvalue weighted by atomic mass is 9.85. The first-order chi connectivity index (χ1) is 29.4. The molecule has 354 valence electrons. The molecule has 0 aromatic rings. The molecular weight excluding hydrogens is 803 g/mol. The zero-order valence-electron chi connectivity index (χ0n) is 37.4. The van der Waals surface area contributed by atoms with E-state index < -0.39 is 75.7 Å². The molecule has 61 heavy (non-hydrogen) atoms. The molecular formula is C47H83O13P. The summed E-state index contributed by atoms with van der Waals surface area (Å²) in [6, 6.07) is 0. The third-order valence-corrected chi connectivity index (χ3v) is 11.6. The molecule has 0 saturated heterocycles. The first kappa shape index (κ1) is 56.8. The molecule has 6 N–H and O–H groups in total. The number of unbranched alkanes of at least 4 members (excludes halogenated alkanes) is 18. The molecule has 13 nitrogen and oxygen atoms in total. The van der Waals surface area contributed by atoms with E-state index in [2.05, 4.69) is 62.5 Å². The third kappa shape index (κ3) is 29.7. The monoisotopic (exact) mass is 887 g/mol. The highest BCUT2D eigenvalue weighted by Gasteiger charge is 2.51. The Labute approximate surface area is 367 Å². The smallest absolute Gasteiger partial charge is 0.462 e. The highest BCUT2D eigenvalue weighted by Crippen LogP contribution is 2.47. The van der Waals surface area contributed by atoms with Gasteiger partial charge in [0.15, 0.2) is 6.10 Å². The minimum absolute atomic E-state index is 0.0602. The lowest BCUT2D eigenvalue weighted by Gasteiger charge is -2.41. The molecule has 0 spiro atoms. The van der Waals surface area contributed by atoms with Crippen molar-refractivity contribution in [2.75, 3.05) is 13.2 Å². The first-order valence-corrected chi connectivity index (χ1v) is 24.9. The van der Waals surface area contributed by atoms with Crippen molar-refractivity contribution in [3.63, 3.8) is 0 Å². The van der Waals surface area contributed by atoms with E-state index in [-0.39, 0.29) is 12.8 Å². The molecule has 0 aromatic carbocycles. The third-order valence-electron chi connectivity index (χ3n) is 10.7. The van der Waals surface area contributed by atoms with Crippen molar-refractivity contribution >= 4 is 19.8 Å². The van der Waals surface area contributed by atoms with E-state index in [1.165, 1.54) is 70.6 Å². The Morgan fingerprint density at radius 1 is 0.525 bits per heavy atom.